The quantitative estimate of drug-likeness (QED) is 0.906. The van der Waals surface area contributed by atoms with E-state index in [1.807, 2.05) is 12.1 Å². The average Bonchev–Trinajstić information content (AvgIpc) is 2.73. The molecule has 3 nitrogen and oxygen atoms in total. The second-order valence-corrected chi connectivity index (χ2v) is 6.20. The topological polar surface area (TPSA) is 38.5 Å². The fraction of sp³-hybridized carbons (Fsp3) is 0.625. The lowest BCUT2D eigenvalue weighted by molar-refractivity contribution is 0.206. The molecule has 0 aliphatic heterocycles. The molecule has 106 valence electrons. The SMILES string of the molecule is COc1ccccc1N(C)C1(CN)CCCC1(C)C. The maximum Gasteiger partial charge on any atom is 0.142 e. The molecule has 2 rings (SSSR count). The van der Waals surface area contributed by atoms with Gasteiger partial charge in [0.05, 0.1) is 18.3 Å². The van der Waals surface area contributed by atoms with Crippen molar-refractivity contribution < 1.29 is 4.74 Å². The van der Waals surface area contributed by atoms with Gasteiger partial charge < -0.3 is 15.4 Å². The fourth-order valence-corrected chi connectivity index (χ4v) is 3.67. The van der Waals surface area contributed by atoms with Crippen molar-refractivity contribution in [3.63, 3.8) is 0 Å². The molecule has 1 saturated carbocycles. The minimum absolute atomic E-state index is 0.0155. The predicted molar refractivity (Wildman–Crippen MR) is 80.8 cm³/mol. The molecule has 0 aromatic heterocycles. The van der Waals surface area contributed by atoms with Crippen LogP contribution in [-0.4, -0.2) is 26.2 Å². The van der Waals surface area contributed by atoms with E-state index >= 15 is 0 Å². The fourth-order valence-electron chi connectivity index (χ4n) is 3.67. The highest BCUT2D eigenvalue weighted by molar-refractivity contribution is 5.60. The highest BCUT2D eigenvalue weighted by Gasteiger charge is 2.51. The van der Waals surface area contributed by atoms with Gasteiger partial charge >= 0.3 is 0 Å². The van der Waals surface area contributed by atoms with Crippen molar-refractivity contribution in [2.45, 2.75) is 38.6 Å². The van der Waals surface area contributed by atoms with Gasteiger partial charge in [-0.25, -0.2) is 0 Å². The highest BCUT2D eigenvalue weighted by Crippen LogP contribution is 2.50. The molecule has 0 radical (unpaired) electrons. The Balaban J connectivity index is 2.44. The molecule has 1 aromatic rings. The molecule has 1 unspecified atom stereocenters. The number of hydrogen-bond acceptors (Lipinski definition) is 3. The van der Waals surface area contributed by atoms with Crippen molar-refractivity contribution in [3.8, 4) is 5.75 Å². The van der Waals surface area contributed by atoms with Gasteiger partial charge in [-0.2, -0.15) is 0 Å². The number of ether oxygens (including phenoxy) is 1. The molecule has 0 amide bonds. The Morgan fingerprint density at radius 3 is 2.47 bits per heavy atom. The highest BCUT2D eigenvalue weighted by atomic mass is 16.5. The number of para-hydroxylation sites is 2. The van der Waals surface area contributed by atoms with Gasteiger partial charge in [0, 0.05) is 13.6 Å². The zero-order chi connectivity index (χ0) is 14.1. The van der Waals surface area contributed by atoms with Crippen LogP contribution in [0, 0.1) is 5.41 Å². The molecule has 0 spiro atoms. The van der Waals surface area contributed by atoms with Crippen LogP contribution < -0.4 is 15.4 Å². The molecule has 1 aliphatic carbocycles. The number of benzene rings is 1. The monoisotopic (exact) mass is 262 g/mol. The normalized spacial score (nSPS) is 25.3. The van der Waals surface area contributed by atoms with Gasteiger partial charge in [-0.05, 0) is 30.4 Å². The molecule has 2 N–H and O–H groups in total. The lowest BCUT2D eigenvalue weighted by Crippen LogP contribution is -2.58. The summed E-state index contributed by atoms with van der Waals surface area (Å²) < 4.78 is 5.50. The summed E-state index contributed by atoms with van der Waals surface area (Å²) >= 11 is 0. The molecular formula is C16H26N2O. The van der Waals surface area contributed by atoms with E-state index in [1.165, 1.54) is 12.8 Å². The van der Waals surface area contributed by atoms with Crippen molar-refractivity contribution in [2.75, 3.05) is 25.6 Å². The van der Waals surface area contributed by atoms with E-state index in [0.29, 0.717) is 6.54 Å². The molecule has 1 aliphatic rings. The summed E-state index contributed by atoms with van der Waals surface area (Å²) in [6.45, 7) is 5.34. The van der Waals surface area contributed by atoms with Crippen LogP contribution in [0.1, 0.15) is 33.1 Å². The van der Waals surface area contributed by atoms with E-state index in [1.54, 1.807) is 7.11 Å². The number of hydrogen-bond donors (Lipinski definition) is 1. The Morgan fingerprint density at radius 1 is 1.26 bits per heavy atom. The molecule has 1 atom stereocenters. The molecule has 1 aromatic carbocycles. The smallest absolute Gasteiger partial charge is 0.142 e. The van der Waals surface area contributed by atoms with E-state index in [9.17, 15) is 0 Å². The summed E-state index contributed by atoms with van der Waals surface area (Å²) in [7, 11) is 3.87. The third-order valence-corrected chi connectivity index (χ3v) is 5.08. The van der Waals surface area contributed by atoms with Gasteiger partial charge in [-0.1, -0.05) is 32.4 Å². The van der Waals surface area contributed by atoms with Crippen LogP contribution >= 0.6 is 0 Å². The zero-order valence-electron chi connectivity index (χ0n) is 12.6. The first-order valence-electron chi connectivity index (χ1n) is 7.05. The zero-order valence-corrected chi connectivity index (χ0v) is 12.6. The Hall–Kier alpha value is -1.22. The van der Waals surface area contributed by atoms with Crippen molar-refractivity contribution in [1.82, 2.24) is 0 Å². The molecule has 0 saturated heterocycles. The number of methoxy groups -OCH3 is 1. The average molecular weight is 262 g/mol. The largest absolute Gasteiger partial charge is 0.495 e. The second kappa shape index (κ2) is 5.04. The third kappa shape index (κ3) is 2.10. The van der Waals surface area contributed by atoms with E-state index in [4.69, 9.17) is 10.5 Å². The van der Waals surface area contributed by atoms with Crippen molar-refractivity contribution in [2.24, 2.45) is 11.1 Å². The first-order valence-corrected chi connectivity index (χ1v) is 7.05. The van der Waals surface area contributed by atoms with Gasteiger partial charge in [-0.15, -0.1) is 0 Å². The number of likely N-dealkylation sites (N-methyl/N-ethyl adjacent to an activating group) is 1. The first kappa shape index (κ1) is 14.2. The van der Waals surface area contributed by atoms with E-state index in [2.05, 4.69) is 37.9 Å². The minimum atomic E-state index is 0.0155. The van der Waals surface area contributed by atoms with Gasteiger partial charge in [0.2, 0.25) is 0 Å². The molecule has 19 heavy (non-hydrogen) atoms. The third-order valence-electron chi connectivity index (χ3n) is 5.08. The van der Waals surface area contributed by atoms with Crippen LogP contribution in [-0.2, 0) is 0 Å². The van der Waals surface area contributed by atoms with Crippen LogP contribution in [0.15, 0.2) is 24.3 Å². The predicted octanol–water partition coefficient (Wildman–Crippen LogP) is 3.04. The molecule has 3 heteroatoms. The summed E-state index contributed by atoms with van der Waals surface area (Å²) in [5, 5.41) is 0. The van der Waals surface area contributed by atoms with Crippen molar-refractivity contribution in [3.05, 3.63) is 24.3 Å². The first-order chi connectivity index (χ1) is 8.98. The van der Waals surface area contributed by atoms with E-state index in [-0.39, 0.29) is 11.0 Å². The summed E-state index contributed by atoms with van der Waals surface area (Å²) in [5.74, 6) is 0.917. The lowest BCUT2D eigenvalue weighted by Gasteiger charge is -2.49. The van der Waals surface area contributed by atoms with Crippen LogP contribution in [0.2, 0.25) is 0 Å². The van der Waals surface area contributed by atoms with Gasteiger partial charge in [0.25, 0.3) is 0 Å². The maximum absolute atomic E-state index is 6.19. The van der Waals surface area contributed by atoms with Crippen molar-refractivity contribution in [1.29, 1.82) is 0 Å². The summed E-state index contributed by atoms with van der Waals surface area (Å²) in [4.78, 5) is 2.35. The number of rotatable bonds is 4. The van der Waals surface area contributed by atoms with Gasteiger partial charge in [0.1, 0.15) is 5.75 Å². The summed E-state index contributed by atoms with van der Waals surface area (Å²) in [6, 6.07) is 8.19. The Morgan fingerprint density at radius 2 is 1.95 bits per heavy atom. The Bertz CT molecular complexity index is 444. The van der Waals surface area contributed by atoms with Gasteiger partial charge in [-0.3, -0.25) is 0 Å². The Kier molecular flexibility index (Phi) is 3.77. The van der Waals surface area contributed by atoms with Crippen LogP contribution in [0.4, 0.5) is 5.69 Å². The van der Waals surface area contributed by atoms with E-state index < -0.39 is 0 Å². The minimum Gasteiger partial charge on any atom is -0.495 e. The van der Waals surface area contributed by atoms with E-state index in [0.717, 1.165) is 17.9 Å². The number of nitrogens with zero attached hydrogens (tertiary/aromatic N) is 1. The molecule has 0 heterocycles. The molecular weight excluding hydrogens is 236 g/mol. The number of anilines is 1. The summed E-state index contributed by atoms with van der Waals surface area (Å²) in [5.41, 5.74) is 7.56. The number of nitrogens with two attached hydrogens (primary N) is 1. The van der Waals surface area contributed by atoms with Crippen molar-refractivity contribution >= 4 is 5.69 Å². The second-order valence-electron chi connectivity index (χ2n) is 6.20. The Labute approximate surface area is 116 Å². The maximum atomic E-state index is 6.19. The van der Waals surface area contributed by atoms with Gasteiger partial charge in [0.15, 0.2) is 0 Å². The van der Waals surface area contributed by atoms with Crippen LogP contribution in [0.5, 0.6) is 5.75 Å². The van der Waals surface area contributed by atoms with Crippen LogP contribution in [0.3, 0.4) is 0 Å². The summed E-state index contributed by atoms with van der Waals surface area (Å²) in [6.07, 6.45) is 3.61. The molecule has 1 fully saturated rings. The van der Waals surface area contributed by atoms with Crippen LogP contribution in [0.25, 0.3) is 0 Å². The lowest BCUT2D eigenvalue weighted by atomic mass is 9.73. The molecule has 0 bridgehead atoms. The standard InChI is InChI=1S/C16H26N2O/c1-15(2)10-7-11-16(15,12-17)18(3)13-8-5-6-9-14(13)19-4/h5-6,8-9H,7,10-12,17H2,1-4H3.